The van der Waals surface area contributed by atoms with E-state index < -0.39 is 5.60 Å². The van der Waals surface area contributed by atoms with Crippen LogP contribution in [0.2, 0.25) is 0 Å². The van der Waals surface area contributed by atoms with E-state index in [4.69, 9.17) is 5.73 Å². The lowest BCUT2D eigenvalue weighted by molar-refractivity contribution is -0.139. The average Bonchev–Trinajstić information content (AvgIpc) is 3.12. The second kappa shape index (κ2) is 6.80. The van der Waals surface area contributed by atoms with Gasteiger partial charge in [0.05, 0.1) is 12.1 Å². The summed E-state index contributed by atoms with van der Waals surface area (Å²) in [5.41, 5.74) is 7.32. The molecule has 1 aliphatic heterocycles. The molecule has 1 atom stereocenters. The highest BCUT2D eigenvalue weighted by Gasteiger charge is 2.54. The van der Waals surface area contributed by atoms with Crippen LogP contribution < -0.4 is 11.3 Å². The fraction of sp³-hybridized carbons (Fsp3) is 0.500. The van der Waals surface area contributed by atoms with Gasteiger partial charge < -0.3 is 20.3 Å². The Labute approximate surface area is 160 Å². The van der Waals surface area contributed by atoms with Crippen molar-refractivity contribution >= 4 is 5.69 Å². The lowest BCUT2D eigenvalue weighted by Crippen LogP contribution is -2.60. The summed E-state index contributed by atoms with van der Waals surface area (Å²) in [7, 11) is 2.13. The van der Waals surface area contributed by atoms with Crippen LogP contribution in [0.25, 0.3) is 11.1 Å². The number of rotatable bonds is 3. The van der Waals surface area contributed by atoms with E-state index in [-0.39, 0.29) is 11.0 Å². The third kappa shape index (κ3) is 3.19. The third-order valence-corrected chi connectivity index (χ3v) is 6.70. The minimum absolute atomic E-state index is 0.117. The molecule has 27 heavy (non-hydrogen) atoms. The Bertz CT molecular complexity index is 871. The minimum Gasteiger partial charge on any atom is -0.398 e. The zero-order valence-corrected chi connectivity index (χ0v) is 16.0. The molecule has 1 saturated carbocycles. The Hall–Kier alpha value is -2.11. The van der Waals surface area contributed by atoms with Gasteiger partial charge in [-0.15, -0.1) is 0 Å². The number of aromatic nitrogens is 1. The predicted molar refractivity (Wildman–Crippen MR) is 109 cm³/mol. The van der Waals surface area contributed by atoms with Crippen molar-refractivity contribution in [1.82, 2.24) is 9.47 Å². The van der Waals surface area contributed by atoms with Crippen molar-refractivity contribution in [3.63, 3.8) is 0 Å². The van der Waals surface area contributed by atoms with E-state index in [1.54, 1.807) is 4.57 Å². The summed E-state index contributed by atoms with van der Waals surface area (Å²) < 4.78 is 1.67. The number of benzene rings is 1. The number of anilines is 1. The molecule has 5 heteroatoms. The molecule has 3 N–H and O–H groups in total. The molecule has 4 rings (SSSR count). The molecule has 2 heterocycles. The van der Waals surface area contributed by atoms with Gasteiger partial charge in [0.1, 0.15) is 0 Å². The lowest BCUT2D eigenvalue weighted by atomic mass is 9.66. The van der Waals surface area contributed by atoms with Gasteiger partial charge in [-0.2, -0.15) is 0 Å². The van der Waals surface area contributed by atoms with E-state index in [1.807, 2.05) is 36.5 Å². The van der Waals surface area contributed by atoms with Gasteiger partial charge in [-0.05, 0) is 31.9 Å². The van der Waals surface area contributed by atoms with Crippen molar-refractivity contribution in [2.24, 2.45) is 5.41 Å². The van der Waals surface area contributed by atoms with Gasteiger partial charge in [-0.3, -0.25) is 4.79 Å². The molecule has 0 radical (unpaired) electrons. The molecule has 1 aliphatic carbocycles. The summed E-state index contributed by atoms with van der Waals surface area (Å²) >= 11 is 0. The van der Waals surface area contributed by atoms with Crippen LogP contribution in [0, 0.1) is 5.41 Å². The number of pyridine rings is 1. The van der Waals surface area contributed by atoms with Crippen LogP contribution in [-0.2, 0) is 6.54 Å². The molecule has 2 aromatic rings. The molecule has 1 saturated heterocycles. The molecular formula is C22H29N3O2. The maximum absolute atomic E-state index is 12.7. The lowest BCUT2D eigenvalue weighted by Gasteiger charge is -2.51. The smallest absolute Gasteiger partial charge is 0.252 e. The maximum atomic E-state index is 12.7. The standard InChI is InChI=1S/C22H29N3O2/c1-24-12-11-22(27,21(15-24)9-5-6-10-21)16-25-14-18(19(23)13-20(25)26)17-7-3-2-4-8-17/h2-4,7-8,13-14,27H,5-6,9-12,15-16,23H2,1H3. The first-order chi connectivity index (χ1) is 12.9. The predicted octanol–water partition coefficient (Wildman–Crippen LogP) is 2.72. The Kier molecular flexibility index (Phi) is 4.60. The second-order valence-electron chi connectivity index (χ2n) is 8.48. The van der Waals surface area contributed by atoms with Crippen molar-refractivity contribution in [2.45, 2.75) is 44.2 Å². The zero-order valence-electron chi connectivity index (χ0n) is 16.0. The summed E-state index contributed by atoms with van der Waals surface area (Å²) in [6.07, 6.45) is 6.89. The van der Waals surface area contributed by atoms with Crippen LogP contribution in [0.3, 0.4) is 0 Å². The molecule has 2 fully saturated rings. The van der Waals surface area contributed by atoms with Crippen molar-refractivity contribution in [1.29, 1.82) is 0 Å². The van der Waals surface area contributed by atoms with Gasteiger partial charge in [0.2, 0.25) is 0 Å². The van der Waals surface area contributed by atoms with Crippen molar-refractivity contribution in [3.05, 3.63) is 52.9 Å². The third-order valence-electron chi connectivity index (χ3n) is 6.70. The highest BCUT2D eigenvalue weighted by atomic mass is 16.3. The van der Waals surface area contributed by atoms with Gasteiger partial charge in [0.15, 0.2) is 0 Å². The van der Waals surface area contributed by atoms with E-state index in [1.165, 1.54) is 6.07 Å². The highest BCUT2D eigenvalue weighted by molar-refractivity contribution is 5.75. The quantitative estimate of drug-likeness (QED) is 0.875. The normalized spacial score (nSPS) is 25.1. The molecule has 0 bridgehead atoms. The fourth-order valence-electron chi connectivity index (χ4n) is 5.16. The Morgan fingerprint density at radius 1 is 1.15 bits per heavy atom. The number of nitrogens with two attached hydrogens (primary N) is 1. The maximum Gasteiger partial charge on any atom is 0.252 e. The van der Waals surface area contributed by atoms with E-state index in [2.05, 4.69) is 11.9 Å². The first-order valence-electron chi connectivity index (χ1n) is 9.89. The van der Waals surface area contributed by atoms with E-state index >= 15 is 0 Å². The molecule has 1 aromatic carbocycles. The molecule has 144 valence electrons. The SMILES string of the molecule is CN1CCC(O)(Cn2cc(-c3ccccc3)c(N)cc2=O)C2(CCCC2)C1. The van der Waals surface area contributed by atoms with Crippen LogP contribution in [0.1, 0.15) is 32.1 Å². The molecule has 2 aliphatic rings. The Morgan fingerprint density at radius 2 is 1.85 bits per heavy atom. The zero-order chi connectivity index (χ0) is 19.1. The van der Waals surface area contributed by atoms with Crippen molar-refractivity contribution in [3.8, 4) is 11.1 Å². The van der Waals surface area contributed by atoms with Crippen LogP contribution in [0.5, 0.6) is 0 Å². The van der Waals surface area contributed by atoms with E-state index in [0.717, 1.165) is 49.9 Å². The molecule has 5 nitrogen and oxygen atoms in total. The summed E-state index contributed by atoms with van der Waals surface area (Å²) in [6, 6.07) is 11.3. The van der Waals surface area contributed by atoms with Gasteiger partial charge >= 0.3 is 0 Å². The summed E-state index contributed by atoms with van der Waals surface area (Å²) in [6.45, 7) is 2.09. The fourth-order valence-corrected chi connectivity index (χ4v) is 5.16. The van der Waals surface area contributed by atoms with Crippen LogP contribution >= 0.6 is 0 Å². The molecule has 1 aromatic heterocycles. The van der Waals surface area contributed by atoms with Gasteiger partial charge in [-0.1, -0.05) is 43.2 Å². The second-order valence-corrected chi connectivity index (χ2v) is 8.48. The monoisotopic (exact) mass is 367 g/mol. The summed E-state index contributed by atoms with van der Waals surface area (Å²) in [4.78, 5) is 15.0. The first-order valence-corrected chi connectivity index (χ1v) is 9.89. The Balaban J connectivity index is 1.72. The number of nitrogens with zero attached hydrogens (tertiary/aromatic N) is 2. The van der Waals surface area contributed by atoms with E-state index in [9.17, 15) is 9.90 Å². The number of aliphatic hydroxyl groups is 1. The number of piperidine rings is 1. The largest absolute Gasteiger partial charge is 0.398 e. The molecule has 0 amide bonds. The number of hydrogen-bond acceptors (Lipinski definition) is 4. The number of likely N-dealkylation sites (tertiary alicyclic amines) is 1. The minimum atomic E-state index is -0.857. The van der Waals surface area contributed by atoms with E-state index in [0.29, 0.717) is 18.7 Å². The molecular weight excluding hydrogens is 338 g/mol. The topological polar surface area (TPSA) is 71.5 Å². The van der Waals surface area contributed by atoms with Crippen LogP contribution in [-0.4, -0.2) is 40.3 Å². The molecule has 1 spiro atoms. The highest BCUT2D eigenvalue weighted by Crippen LogP contribution is 2.51. The Morgan fingerprint density at radius 3 is 2.56 bits per heavy atom. The van der Waals surface area contributed by atoms with Gasteiger partial charge in [0.25, 0.3) is 5.56 Å². The van der Waals surface area contributed by atoms with Crippen molar-refractivity contribution in [2.75, 3.05) is 25.9 Å². The van der Waals surface area contributed by atoms with Gasteiger partial charge in [0, 0.05) is 42.0 Å². The van der Waals surface area contributed by atoms with Crippen LogP contribution in [0.15, 0.2) is 47.4 Å². The molecule has 1 unspecified atom stereocenters. The van der Waals surface area contributed by atoms with Gasteiger partial charge in [-0.25, -0.2) is 0 Å². The summed E-state index contributed by atoms with van der Waals surface area (Å²) in [5, 5.41) is 11.7. The van der Waals surface area contributed by atoms with Crippen molar-refractivity contribution < 1.29 is 5.11 Å². The number of hydrogen-bond donors (Lipinski definition) is 2. The summed E-state index contributed by atoms with van der Waals surface area (Å²) in [5.74, 6) is 0. The van der Waals surface area contributed by atoms with Crippen LogP contribution in [0.4, 0.5) is 5.69 Å². The number of nitrogen functional groups attached to an aromatic ring is 1. The first kappa shape index (κ1) is 18.3. The average molecular weight is 367 g/mol.